The van der Waals surface area contributed by atoms with Crippen LogP contribution < -0.4 is 20.5 Å². The first kappa shape index (κ1) is 33.7. The lowest BCUT2D eigenvalue weighted by Crippen LogP contribution is -2.47. The average molecular weight is 666 g/mol. The number of nitrogens with one attached hydrogen (secondary N) is 1. The number of carbonyl (C=O) groups is 1. The van der Waals surface area contributed by atoms with Gasteiger partial charge in [0.25, 0.3) is 5.56 Å². The summed E-state index contributed by atoms with van der Waals surface area (Å²) in [5.41, 5.74) is -0.718. The Morgan fingerprint density at radius 3 is 2.50 bits per heavy atom. The van der Waals surface area contributed by atoms with Crippen molar-refractivity contribution < 1.29 is 32.5 Å². The topological polar surface area (TPSA) is 127 Å². The molecule has 3 aromatic rings. The van der Waals surface area contributed by atoms with Gasteiger partial charge < -0.3 is 34.3 Å². The van der Waals surface area contributed by atoms with Gasteiger partial charge in [-0.3, -0.25) is 4.79 Å². The van der Waals surface area contributed by atoms with Gasteiger partial charge in [-0.15, -0.1) is 5.10 Å². The van der Waals surface area contributed by atoms with Crippen molar-refractivity contribution in [2.75, 3.05) is 37.0 Å². The fourth-order valence-corrected chi connectivity index (χ4v) is 6.23. The van der Waals surface area contributed by atoms with Crippen LogP contribution in [-0.2, 0) is 24.7 Å². The number of amides is 2. The van der Waals surface area contributed by atoms with Crippen molar-refractivity contribution in [2.45, 2.75) is 82.5 Å². The summed E-state index contributed by atoms with van der Waals surface area (Å²) in [7, 11) is 1.53. The molecule has 16 heteroatoms. The highest BCUT2D eigenvalue weighted by Gasteiger charge is 2.34. The normalized spacial score (nSPS) is 19.3. The van der Waals surface area contributed by atoms with Crippen LogP contribution in [0.3, 0.4) is 0 Å². The van der Waals surface area contributed by atoms with Crippen LogP contribution in [0.5, 0.6) is 5.88 Å². The maximum atomic E-state index is 13.3. The molecule has 46 heavy (non-hydrogen) atoms. The van der Waals surface area contributed by atoms with Crippen LogP contribution in [0.2, 0.25) is 25.7 Å². The highest BCUT2D eigenvalue weighted by molar-refractivity contribution is 6.76. The summed E-state index contributed by atoms with van der Waals surface area (Å²) in [6.07, 6.45) is -0.446. The number of carbonyl (C=O) groups excluding carboxylic acids is 1. The minimum absolute atomic E-state index is 0.197. The molecule has 1 saturated carbocycles. The number of urea groups is 1. The molecule has 1 saturated heterocycles. The van der Waals surface area contributed by atoms with Crippen LogP contribution in [-0.4, -0.2) is 88.4 Å². The predicted molar refractivity (Wildman–Crippen MR) is 170 cm³/mol. The van der Waals surface area contributed by atoms with Crippen LogP contribution in [0.4, 0.5) is 29.3 Å². The summed E-state index contributed by atoms with van der Waals surface area (Å²) in [6.45, 7) is 8.91. The molecule has 2 aliphatic rings. The van der Waals surface area contributed by atoms with Gasteiger partial charge in [0.05, 0.1) is 28.9 Å². The van der Waals surface area contributed by atoms with E-state index in [1.165, 1.54) is 11.9 Å². The molecule has 1 aliphatic heterocycles. The molecule has 0 spiro atoms. The second-order valence-corrected chi connectivity index (χ2v) is 19.0. The number of aryl methyl sites for hydroxylation is 1. The fourth-order valence-electron chi connectivity index (χ4n) is 5.47. The lowest BCUT2D eigenvalue weighted by Gasteiger charge is -2.37. The van der Waals surface area contributed by atoms with Gasteiger partial charge in [0, 0.05) is 54.1 Å². The summed E-state index contributed by atoms with van der Waals surface area (Å²) in [5, 5.41) is 17.8. The summed E-state index contributed by atoms with van der Waals surface area (Å²) in [4.78, 5) is 33.7. The number of ether oxygens (including phenoxy) is 2. The van der Waals surface area contributed by atoms with Crippen molar-refractivity contribution in [3.05, 3.63) is 40.4 Å². The number of piperidine rings is 1. The number of pyridine rings is 2. The summed E-state index contributed by atoms with van der Waals surface area (Å²) < 4.78 is 54.3. The number of hydrogen-bond donors (Lipinski definition) is 2. The smallest absolute Gasteiger partial charge is 0.417 e. The number of hydrogen-bond acceptors (Lipinski definition) is 8. The number of nitrogens with zero attached hydrogens (tertiary/aromatic N) is 6. The lowest BCUT2D eigenvalue weighted by atomic mass is 9.92. The molecule has 2 amide bonds. The predicted octanol–water partition coefficient (Wildman–Crippen LogP) is 4.50. The molecular formula is C30H42F3N7O5Si. The highest BCUT2D eigenvalue weighted by atomic mass is 28.3. The standard InChI is InChI=1S/C30H42F3N7O5Si/c1-37-17-19(30(31,32)33)14-23(28(37)42)35-29(43)38(2)20-8-10-39(11-9-20)21-15-22-26(34-16-21)40(18-44-12-13-46(3,4)5)36-27(22)45-25-7-6-24(25)41/h14-17,20,24-25,41H,6-13,18H2,1-5H3,(H,35,43)/t24-,25-/m1/s1. The van der Waals surface area contributed by atoms with Crippen LogP contribution in [0, 0.1) is 0 Å². The maximum absolute atomic E-state index is 13.3. The van der Waals surface area contributed by atoms with E-state index in [9.17, 15) is 27.9 Å². The zero-order valence-electron chi connectivity index (χ0n) is 26.8. The molecule has 4 heterocycles. The Hall–Kier alpha value is -3.63. The lowest BCUT2D eigenvalue weighted by molar-refractivity contribution is -0.138. The molecule has 12 nitrogen and oxygen atoms in total. The van der Waals surface area contributed by atoms with Crippen molar-refractivity contribution in [1.29, 1.82) is 0 Å². The van der Waals surface area contributed by atoms with Crippen LogP contribution >= 0.6 is 0 Å². The van der Waals surface area contributed by atoms with E-state index >= 15 is 0 Å². The Labute approximate surface area is 266 Å². The number of rotatable bonds is 10. The van der Waals surface area contributed by atoms with Crippen molar-refractivity contribution >= 4 is 36.5 Å². The Morgan fingerprint density at radius 1 is 1.17 bits per heavy atom. The maximum Gasteiger partial charge on any atom is 0.417 e. The monoisotopic (exact) mass is 665 g/mol. The molecule has 2 fully saturated rings. The molecular weight excluding hydrogens is 623 g/mol. The van der Waals surface area contributed by atoms with Gasteiger partial charge in [-0.25, -0.2) is 14.5 Å². The van der Waals surface area contributed by atoms with E-state index in [-0.39, 0.29) is 18.9 Å². The summed E-state index contributed by atoms with van der Waals surface area (Å²) in [5.74, 6) is 0.397. The van der Waals surface area contributed by atoms with E-state index in [2.05, 4.69) is 35.0 Å². The second-order valence-electron chi connectivity index (χ2n) is 13.3. The first-order chi connectivity index (χ1) is 21.6. The van der Waals surface area contributed by atoms with Gasteiger partial charge in [0.2, 0.25) is 5.88 Å². The zero-order chi connectivity index (χ0) is 33.4. The number of anilines is 2. The van der Waals surface area contributed by atoms with E-state index in [0.29, 0.717) is 68.1 Å². The van der Waals surface area contributed by atoms with E-state index in [0.717, 1.165) is 22.7 Å². The molecule has 3 aromatic heterocycles. The Balaban J connectivity index is 1.25. The quantitative estimate of drug-likeness (QED) is 0.240. The molecule has 0 aromatic carbocycles. The van der Waals surface area contributed by atoms with Crippen molar-refractivity contribution in [3.63, 3.8) is 0 Å². The van der Waals surface area contributed by atoms with Crippen molar-refractivity contribution in [1.82, 2.24) is 24.2 Å². The second kappa shape index (κ2) is 13.2. The largest absolute Gasteiger partial charge is 0.470 e. The SMILES string of the molecule is CN(C(=O)Nc1cc(C(F)(F)F)cn(C)c1=O)C1CCN(c2cnc3c(c2)c(O[C@@H]2CC[C@H]2O)nn3COCC[Si](C)(C)C)CC1. The third-order valence-corrected chi connectivity index (χ3v) is 10.3. The number of halogens is 3. The molecule has 5 rings (SSSR count). The third kappa shape index (κ3) is 7.66. The fraction of sp³-hybridized carbons (Fsp3) is 0.600. The number of aromatic nitrogens is 4. The average Bonchev–Trinajstić information content (AvgIpc) is 3.34. The summed E-state index contributed by atoms with van der Waals surface area (Å²) in [6, 6.07) is 2.80. The van der Waals surface area contributed by atoms with E-state index < -0.39 is 43.2 Å². The molecule has 2 atom stereocenters. The van der Waals surface area contributed by atoms with Crippen molar-refractivity contribution in [2.24, 2.45) is 7.05 Å². The van der Waals surface area contributed by atoms with Crippen LogP contribution in [0.25, 0.3) is 11.0 Å². The van der Waals surface area contributed by atoms with E-state index in [4.69, 9.17) is 14.5 Å². The minimum Gasteiger partial charge on any atom is -0.470 e. The Bertz CT molecular complexity index is 1620. The zero-order valence-corrected chi connectivity index (χ0v) is 27.8. The number of aliphatic hydroxyl groups excluding tert-OH is 1. The van der Waals surface area contributed by atoms with Crippen LogP contribution in [0.1, 0.15) is 31.2 Å². The Morgan fingerprint density at radius 2 is 1.89 bits per heavy atom. The van der Waals surface area contributed by atoms with Crippen LogP contribution in [0.15, 0.2) is 29.3 Å². The molecule has 0 bridgehead atoms. The van der Waals surface area contributed by atoms with Gasteiger partial charge in [-0.05, 0) is 43.9 Å². The first-order valence-corrected chi connectivity index (χ1v) is 19.2. The van der Waals surface area contributed by atoms with E-state index in [1.807, 2.05) is 6.07 Å². The highest BCUT2D eigenvalue weighted by Crippen LogP contribution is 2.33. The number of fused-ring (bicyclic) bond motifs is 1. The Kier molecular flexibility index (Phi) is 9.70. The first-order valence-electron chi connectivity index (χ1n) is 15.5. The molecule has 1 aliphatic carbocycles. The van der Waals surface area contributed by atoms with Gasteiger partial charge in [0.1, 0.15) is 18.5 Å². The minimum atomic E-state index is -4.66. The van der Waals surface area contributed by atoms with Gasteiger partial charge in [0.15, 0.2) is 5.65 Å². The number of alkyl halides is 3. The molecule has 0 radical (unpaired) electrons. The number of aliphatic hydroxyl groups is 1. The van der Waals surface area contributed by atoms with Crippen molar-refractivity contribution in [3.8, 4) is 5.88 Å². The third-order valence-electron chi connectivity index (χ3n) is 8.64. The van der Waals surface area contributed by atoms with Gasteiger partial charge in [-0.1, -0.05) is 19.6 Å². The van der Waals surface area contributed by atoms with Gasteiger partial charge >= 0.3 is 12.2 Å². The summed E-state index contributed by atoms with van der Waals surface area (Å²) >= 11 is 0. The molecule has 2 N–H and O–H groups in total. The molecule has 252 valence electrons. The van der Waals surface area contributed by atoms with Gasteiger partial charge in [-0.2, -0.15) is 13.2 Å². The van der Waals surface area contributed by atoms with E-state index in [1.54, 1.807) is 17.9 Å². The molecule has 0 unspecified atom stereocenters.